The Labute approximate surface area is 132 Å². The van der Waals surface area contributed by atoms with Gasteiger partial charge < -0.3 is 14.4 Å². The predicted molar refractivity (Wildman–Crippen MR) is 82.2 cm³/mol. The summed E-state index contributed by atoms with van der Waals surface area (Å²) >= 11 is 0. The number of aliphatic hydroxyl groups is 1. The lowest BCUT2D eigenvalue weighted by Crippen LogP contribution is -2.27. The first-order valence-corrected chi connectivity index (χ1v) is 6.96. The molecule has 3 heterocycles. The number of aromatic nitrogens is 1. The van der Waals surface area contributed by atoms with Crippen molar-refractivity contribution in [3.8, 4) is 0 Å². The standard InChI is InChI=1S/C17H14N2O4/c1-19-15(12-6-2-3-9-18-12)14(16(21)17(19)22)13(20)8-7-11-5-4-10-23-11/h2-10,15,21H,1H3/b8-7+. The molecule has 0 spiro atoms. The molecule has 0 fully saturated rings. The Hall–Kier alpha value is -3.15. The minimum Gasteiger partial charge on any atom is -0.503 e. The van der Waals surface area contributed by atoms with Gasteiger partial charge in [-0.1, -0.05) is 6.07 Å². The van der Waals surface area contributed by atoms with E-state index in [-0.39, 0.29) is 5.57 Å². The van der Waals surface area contributed by atoms with E-state index in [9.17, 15) is 14.7 Å². The van der Waals surface area contributed by atoms with E-state index in [2.05, 4.69) is 4.98 Å². The van der Waals surface area contributed by atoms with Crippen LogP contribution in [0, 0.1) is 0 Å². The molecule has 0 aromatic carbocycles. The molecule has 0 saturated carbocycles. The lowest BCUT2D eigenvalue weighted by Gasteiger charge is -2.20. The van der Waals surface area contributed by atoms with Gasteiger partial charge in [0, 0.05) is 13.2 Å². The summed E-state index contributed by atoms with van der Waals surface area (Å²) in [5, 5.41) is 10.1. The number of carbonyl (C=O) groups excluding carboxylic acids is 2. The molecule has 6 nitrogen and oxygen atoms in total. The van der Waals surface area contributed by atoms with Crippen LogP contribution < -0.4 is 0 Å². The summed E-state index contributed by atoms with van der Waals surface area (Å²) in [6.45, 7) is 0. The molecule has 1 aliphatic heterocycles. The summed E-state index contributed by atoms with van der Waals surface area (Å²) < 4.78 is 5.12. The van der Waals surface area contributed by atoms with Crippen LogP contribution in [0.2, 0.25) is 0 Å². The largest absolute Gasteiger partial charge is 0.503 e. The van der Waals surface area contributed by atoms with Gasteiger partial charge in [-0.2, -0.15) is 0 Å². The van der Waals surface area contributed by atoms with E-state index in [1.807, 2.05) is 0 Å². The number of hydrogen-bond donors (Lipinski definition) is 1. The highest BCUT2D eigenvalue weighted by molar-refractivity contribution is 6.14. The lowest BCUT2D eigenvalue weighted by molar-refractivity contribution is -0.128. The third-order valence-electron chi connectivity index (χ3n) is 3.61. The fourth-order valence-corrected chi connectivity index (χ4v) is 2.49. The monoisotopic (exact) mass is 310 g/mol. The first-order chi connectivity index (χ1) is 11.1. The highest BCUT2D eigenvalue weighted by Crippen LogP contribution is 2.35. The van der Waals surface area contributed by atoms with Gasteiger partial charge in [-0.15, -0.1) is 0 Å². The van der Waals surface area contributed by atoms with E-state index in [0.29, 0.717) is 11.5 Å². The third kappa shape index (κ3) is 2.66. The SMILES string of the molecule is CN1C(=O)C(O)=C(C(=O)/C=C/c2ccco2)C1c1ccccn1. The van der Waals surface area contributed by atoms with Gasteiger partial charge in [-0.25, -0.2) is 0 Å². The molecule has 2 aromatic heterocycles. The molecule has 1 aliphatic rings. The normalized spacial score (nSPS) is 18.2. The molecule has 0 saturated heterocycles. The van der Waals surface area contributed by atoms with Crippen molar-refractivity contribution in [1.82, 2.24) is 9.88 Å². The van der Waals surface area contributed by atoms with Crippen molar-refractivity contribution in [2.75, 3.05) is 7.05 Å². The van der Waals surface area contributed by atoms with Crippen LogP contribution in [0.5, 0.6) is 0 Å². The molecule has 0 bridgehead atoms. The fourth-order valence-electron chi connectivity index (χ4n) is 2.49. The molecule has 6 heteroatoms. The number of rotatable bonds is 4. The molecule has 0 aliphatic carbocycles. The van der Waals surface area contributed by atoms with Crippen molar-refractivity contribution in [2.45, 2.75) is 6.04 Å². The summed E-state index contributed by atoms with van der Waals surface area (Å²) in [4.78, 5) is 30.0. The number of nitrogens with zero attached hydrogens (tertiary/aromatic N) is 2. The number of pyridine rings is 1. The topological polar surface area (TPSA) is 83.6 Å². The summed E-state index contributed by atoms with van der Waals surface area (Å²) in [5.74, 6) is -1.11. The third-order valence-corrected chi connectivity index (χ3v) is 3.61. The molecule has 1 unspecified atom stereocenters. The van der Waals surface area contributed by atoms with Crippen LogP contribution in [0.25, 0.3) is 6.08 Å². The summed E-state index contributed by atoms with van der Waals surface area (Å²) in [6, 6.07) is 7.89. The van der Waals surface area contributed by atoms with Gasteiger partial charge in [-0.05, 0) is 36.4 Å². The average Bonchev–Trinajstić information content (AvgIpc) is 3.16. The Morgan fingerprint density at radius 3 is 2.83 bits per heavy atom. The van der Waals surface area contributed by atoms with E-state index < -0.39 is 23.5 Å². The number of hydrogen-bond acceptors (Lipinski definition) is 5. The lowest BCUT2D eigenvalue weighted by atomic mass is 10.00. The Morgan fingerprint density at radius 2 is 2.17 bits per heavy atom. The van der Waals surface area contributed by atoms with E-state index in [1.54, 1.807) is 36.5 Å². The van der Waals surface area contributed by atoms with Gasteiger partial charge in [0.05, 0.1) is 17.5 Å². The quantitative estimate of drug-likeness (QED) is 0.876. The second kappa shape index (κ2) is 5.92. The molecule has 1 N–H and O–H groups in total. The van der Waals surface area contributed by atoms with Gasteiger partial charge in [0.15, 0.2) is 11.5 Å². The molecule has 1 atom stereocenters. The van der Waals surface area contributed by atoms with Crippen molar-refractivity contribution in [3.05, 3.63) is 71.7 Å². The maximum absolute atomic E-state index is 12.5. The Balaban J connectivity index is 1.96. The number of likely N-dealkylation sites (N-methyl/N-ethyl adjacent to an activating group) is 1. The van der Waals surface area contributed by atoms with E-state index in [1.165, 1.54) is 30.4 Å². The highest BCUT2D eigenvalue weighted by atomic mass is 16.3. The average molecular weight is 310 g/mol. The van der Waals surface area contributed by atoms with Crippen molar-refractivity contribution in [1.29, 1.82) is 0 Å². The van der Waals surface area contributed by atoms with E-state index in [0.717, 1.165) is 0 Å². The van der Waals surface area contributed by atoms with Crippen LogP contribution >= 0.6 is 0 Å². The van der Waals surface area contributed by atoms with Crippen LogP contribution in [0.3, 0.4) is 0 Å². The van der Waals surface area contributed by atoms with E-state index >= 15 is 0 Å². The molecule has 23 heavy (non-hydrogen) atoms. The molecule has 1 amide bonds. The minimum atomic E-state index is -0.711. The number of carbonyl (C=O) groups is 2. The van der Waals surface area contributed by atoms with Crippen molar-refractivity contribution < 1.29 is 19.1 Å². The van der Waals surface area contributed by atoms with Gasteiger partial charge in [0.1, 0.15) is 11.8 Å². The second-order valence-corrected chi connectivity index (χ2v) is 5.05. The van der Waals surface area contributed by atoms with Crippen LogP contribution in [0.4, 0.5) is 0 Å². The molecule has 2 aromatic rings. The number of aliphatic hydroxyl groups excluding tert-OH is 1. The van der Waals surface area contributed by atoms with Crippen LogP contribution in [0.1, 0.15) is 17.5 Å². The summed E-state index contributed by atoms with van der Waals surface area (Å²) in [7, 11) is 1.52. The molecule has 3 rings (SSSR count). The number of allylic oxidation sites excluding steroid dienone is 1. The van der Waals surface area contributed by atoms with E-state index in [4.69, 9.17) is 4.42 Å². The molecule has 116 valence electrons. The maximum atomic E-state index is 12.5. The zero-order valence-corrected chi connectivity index (χ0v) is 12.3. The fraction of sp³-hybridized carbons (Fsp3) is 0.118. The van der Waals surface area contributed by atoms with Crippen molar-refractivity contribution in [2.24, 2.45) is 0 Å². The summed E-state index contributed by atoms with van der Waals surface area (Å²) in [5.41, 5.74) is 0.529. The van der Waals surface area contributed by atoms with Crippen LogP contribution in [-0.2, 0) is 9.59 Å². The highest BCUT2D eigenvalue weighted by Gasteiger charge is 2.41. The van der Waals surface area contributed by atoms with Gasteiger partial charge in [0.25, 0.3) is 5.91 Å². The van der Waals surface area contributed by atoms with Crippen molar-refractivity contribution in [3.63, 3.8) is 0 Å². The van der Waals surface area contributed by atoms with Crippen molar-refractivity contribution >= 4 is 17.8 Å². The first kappa shape index (κ1) is 14.8. The van der Waals surface area contributed by atoms with Gasteiger partial charge in [0.2, 0.25) is 0 Å². The second-order valence-electron chi connectivity index (χ2n) is 5.05. The maximum Gasteiger partial charge on any atom is 0.289 e. The Bertz CT molecular complexity index is 791. The zero-order valence-electron chi connectivity index (χ0n) is 12.3. The van der Waals surface area contributed by atoms with Gasteiger partial charge in [-0.3, -0.25) is 14.6 Å². The first-order valence-electron chi connectivity index (χ1n) is 6.96. The van der Waals surface area contributed by atoms with Crippen LogP contribution in [-0.4, -0.2) is 33.7 Å². The predicted octanol–water partition coefficient (Wildman–Crippen LogP) is 2.28. The number of furan rings is 1. The van der Waals surface area contributed by atoms with Crippen LogP contribution in [0.15, 0.2) is 64.6 Å². The molecule has 0 radical (unpaired) electrons. The minimum absolute atomic E-state index is 0.0130. The molecular weight excluding hydrogens is 296 g/mol. The number of ketones is 1. The smallest absolute Gasteiger partial charge is 0.289 e. The number of amides is 1. The zero-order chi connectivity index (χ0) is 16.4. The Morgan fingerprint density at radius 1 is 1.35 bits per heavy atom. The Kier molecular flexibility index (Phi) is 3.80. The summed E-state index contributed by atoms with van der Waals surface area (Å²) in [6.07, 6.45) is 5.82. The molecular formula is C17H14N2O4. The van der Waals surface area contributed by atoms with Gasteiger partial charge >= 0.3 is 0 Å².